The number of hydrazone groups is 1. The van der Waals surface area contributed by atoms with Crippen LogP contribution in [0.3, 0.4) is 0 Å². The minimum Gasteiger partial charge on any atom is -0.467 e. The number of piperazine rings is 1. The Morgan fingerprint density at radius 1 is 1.09 bits per heavy atom. The maximum atomic E-state index is 13.5. The van der Waals surface area contributed by atoms with Crippen molar-refractivity contribution in [2.45, 2.75) is 37.4 Å². The number of carbonyl (C=O) groups excluding carboxylic acids is 3. The number of nitrogens with one attached hydrogen (secondary N) is 1. The molecule has 2 aromatic carbocycles. The summed E-state index contributed by atoms with van der Waals surface area (Å²) in [6.45, 7) is 2.91. The molecule has 2 saturated heterocycles. The van der Waals surface area contributed by atoms with E-state index in [9.17, 15) is 22.8 Å². The molecule has 0 bridgehead atoms. The molecule has 3 aromatic rings. The van der Waals surface area contributed by atoms with Gasteiger partial charge in [-0.2, -0.15) is 9.41 Å². The number of aromatic amines is 1. The number of nitrogens with zero attached hydrogens (tertiary/aromatic N) is 4. The highest BCUT2D eigenvalue weighted by Gasteiger charge is 2.42. The van der Waals surface area contributed by atoms with E-state index < -0.39 is 34.5 Å². The second-order valence-corrected chi connectivity index (χ2v) is 13.0. The first kappa shape index (κ1) is 31.5. The van der Waals surface area contributed by atoms with Crippen LogP contribution in [0.5, 0.6) is 0 Å². The van der Waals surface area contributed by atoms with Gasteiger partial charge in [0.2, 0.25) is 5.91 Å². The molecule has 0 saturated carbocycles. The number of hydrogen-bond acceptors (Lipinski definition) is 9. The number of fused-ring (bicyclic) bond motifs is 1. The van der Waals surface area contributed by atoms with Gasteiger partial charge in [0, 0.05) is 42.1 Å². The highest BCUT2D eigenvalue weighted by atomic mass is 35.5. The van der Waals surface area contributed by atoms with Crippen LogP contribution in [0.4, 0.5) is 0 Å². The number of halogens is 1. The van der Waals surface area contributed by atoms with Crippen molar-refractivity contribution < 1.29 is 32.3 Å². The number of aromatic nitrogens is 1. The molecular weight excluding hydrogens is 610 g/mol. The molecule has 14 heteroatoms. The van der Waals surface area contributed by atoms with E-state index in [0.717, 1.165) is 15.4 Å². The van der Waals surface area contributed by atoms with Crippen molar-refractivity contribution in [2.75, 3.05) is 39.9 Å². The summed E-state index contributed by atoms with van der Waals surface area (Å²) < 4.78 is 38.1. The van der Waals surface area contributed by atoms with Crippen molar-refractivity contribution in [1.82, 2.24) is 19.2 Å². The van der Waals surface area contributed by atoms with E-state index in [-0.39, 0.29) is 30.0 Å². The Balaban J connectivity index is 1.24. The minimum atomic E-state index is -4.13. The van der Waals surface area contributed by atoms with Gasteiger partial charge in [-0.05, 0) is 55.2 Å². The van der Waals surface area contributed by atoms with Gasteiger partial charge in [0.05, 0.1) is 32.4 Å². The average Bonchev–Trinajstić information content (AvgIpc) is 3.45. The molecule has 0 aliphatic carbocycles. The van der Waals surface area contributed by atoms with Crippen LogP contribution in [-0.2, 0) is 40.4 Å². The van der Waals surface area contributed by atoms with Gasteiger partial charge < -0.3 is 19.4 Å². The lowest BCUT2D eigenvalue weighted by atomic mass is 9.98. The molecule has 0 unspecified atom stereocenters. The number of rotatable bonds is 9. The van der Waals surface area contributed by atoms with Crippen molar-refractivity contribution >= 4 is 56.6 Å². The van der Waals surface area contributed by atoms with E-state index in [1.165, 1.54) is 18.1 Å². The first-order chi connectivity index (χ1) is 21.1. The third-order valence-corrected chi connectivity index (χ3v) is 9.80. The molecule has 3 heterocycles. The molecule has 2 aliphatic heterocycles. The van der Waals surface area contributed by atoms with E-state index in [2.05, 4.69) is 10.1 Å². The first-order valence-corrected chi connectivity index (χ1v) is 16.1. The number of esters is 2. The maximum Gasteiger partial charge on any atom is 0.329 e. The Morgan fingerprint density at radius 3 is 2.50 bits per heavy atom. The van der Waals surface area contributed by atoms with Crippen LogP contribution in [0.25, 0.3) is 10.9 Å². The molecule has 1 N–H and O–H groups in total. The van der Waals surface area contributed by atoms with Crippen molar-refractivity contribution in [3.8, 4) is 0 Å². The summed E-state index contributed by atoms with van der Waals surface area (Å²) >= 11 is 6.04. The summed E-state index contributed by atoms with van der Waals surface area (Å²) in [5, 5.41) is 7.42. The van der Waals surface area contributed by atoms with E-state index in [1.54, 1.807) is 31.3 Å². The molecule has 12 nitrogen and oxygen atoms in total. The van der Waals surface area contributed by atoms with Gasteiger partial charge in [0.15, 0.2) is 0 Å². The number of benzene rings is 2. The molecule has 5 rings (SSSR count). The van der Waals surface area contributed by atoms with Gasteiger partial charge in [-0.15, -0.1) is 0 Å². The predicted octanol–water partition coefficient (Wildman–Crippen LogP) is 3.01. The zero-order chi connectivity index (χ0) is 31.4. The van der Waals surface area contributed by atoms with Crippen LogP contribution >= 0.6 is 11.6 Å². The third kappa shape index (κ3) is 6.90. The highest BCUT2D eigenvalue weighted by Crippen LogP contribution is 2.27. The first-order valence-electron chi connectivity index (χ1n) is 14.3. The smallest absolute Gasteiger partial charge is 0.329 e. The number of carbonyl (C=O) groups is 3. The molecule has 234 valence electrons. The summed E-state index contributed by atoms with van der Waals surface area (Å²) in [4.78, 5) is 42.2. The number of piperidine rings is 1. The van der Waals surface area contributed by atoms with Crippen LogP contribution in [0.1, 0.15) is 30.9 Å². The SMILES string of the molecule is CCOC(=O)C1CCN(N=Cc2ccc(CN3C(=O)CN(S(=O)(=O)c4cc5cc(Cl)ccc5[nH]4)C[C@@H]3C(=O)OC)cc2)CC1. The zero-order valence-corrected chi connectivity index (χ0v) is 26.0. The molecule has 44 heavy (non-hydrogen) atoms. The molecule has 1 amide bonds. The Labute approximate surface area is 260 Å². The van der Waals surface area contributed by atoms with E-state index in [4.69, 9.17) is 21.1 Å². The van der Waals surface area contributed by atoms with Crippen molar-refractivity contribution in [3.63, 3.8) is 0 Å². The second-order valence-electron chi connectivity index (χ2n) is 10.7. The summed E-state index contributed by atoms with van der Waals surface area (Å²) in [5.41, 5.74) is 2.17. The van der Waals surface area contributed by atoms with Gasteiger partial charge >= 0.3 is 11.9 Å². The fraction of sp³-hybridized carbons (Fsp3) is 0.400. The standard InChI is InChI=1S/C30H34ClN5O7S/c1-3-43-29(38)22-10-12-34(13-11-22)32-16-20-4-6-21(7-5-20)17-36-26(30(39)42-2)18-35(19-28(36)37)44(40,41)27-15-23-14-24(31)8-9-25(23)33-27/h4-9,14-16,22,26,33H,3,10-13,17-19H2,1-2H3/t26-/m1/s1. The highest BCUT2D eigenvalue weighted by molar-refractivity contribution is 7.89. The molecule has 1 aromatic heterocycles. The fourth-order valence-electron chi connectivity index (χ4n) is 5.38. The van der Waals surface area contributed by atoms with E-state index in [0.29, 0.717) is 48.5 Å². The monoisotopic (exact) mass is 643 g/mol. The average molecular weight is 644 g/mol. The van der Waals surface area contributed by atoms with Gasteiger partial charge in [-0.3, -0.25) is 14.6 Å². The Bertz CT molecular complexity index is 1670. The van der Waals surface area contributed by atoms with E-state index in [1.807, 2.05) is 29.3 Å². The second kappa shape index (κ2) is 13.4. The topological polar surface area (TPSA) is 142 Å². The summed E-state index contributed by atoms with van der Waals surface area (Å²) in [7, 11) is -2.93. The largest absolute Gasteiger partial charge is 0.467 e. The minimum absolute atomic E-state index is 0.0904. The van der Waals surface area contributed by atoms with Gasteiger partial charge in [-0.25, -0.2) is 13.2 Å². The molecular formula is C30H34ClN5O7S. The van der Waals surface area contributed by atoms with Crippen molar-refractivity contribution in [2.24, 2.45) is 11.0 Å². The molecule has 0 spiro atoms. The Morgan fingerprint density at radius 2 is 1.82 bits per heavy atom. The lowest BCUT2D eigenvalue weighted by Crippen LogP contribution is -2.60. The number of hydrogen-bond donors (Lipinski definition) is 1. The summed E-state index contributed by atoms with van der Waals surface area (Å²) in [6, 6.07) is 12.6. The number of amides is 1. The lowest BCUT2D eigenvalue weighted by Gasteiger charge is -2.38. The molecule has 1 atom stereocenters. The molecule has 2 fully saturated rings. The van der Waals surface area contributed by atoms with Crippen LogP contribution in [0.2, 0.25) is 5.02 Å². The normalized spacial score (nSPS) is 18.7. The van der Waals surface area contributed by atoms with E-state index >= 15 is 0 Å². The quantitative estimate of drug-likeness (QED) is 0.277. The number of sulfonamides is 1. The van der Waals surface area contributed by atoms with Crippen LogP contribution in [0.15, 0.2) is 58.7 Å². The fourth-order valence-corrected chi connectivity index (χ4v) is 6.97. The van der Waals surface area contributed by atoms with Crippen LogP contribution in [-0.4, -0.2) is 97.6 Å². The van der Waals surface area contributed by atoms with Gasteiger partial charge in [0.25, 0.3) is 10.0 Å². The van der Waals surface area contributed by atoms with Crippen LogP contribution in [0, 0.1) is 5.92 Å². The van der Waals surface area contributed by atoms with Crippen molar-refractivity contribution in [1.29, 1.82) is 0 Å². The van der Waals surface area contributed by atoms with Crippen LogP contribution < -0.4 is 0 Å². The molecule has 0 radical (unpaired) electrons. The molecule has 2 aliphatic rings. The summed E-state index contributed by atoms with van der Waals surface area (Å²) in [5.74, 6) is -1.47. The number of ether oxygens (including phenoxy) is 2. The number of H-pyrrole nitrogens is 1. The van der Waals surface area contributed by atoms with Gasteiger partial charge in [-0.1, -0.05) is 35.9 Å². The Hall–Kier alpha value is -3.94. The maximum absolute atomic E-state index is 13.5. The number of methoxy groups -OCH3 is 1. The Kier molecular flexibility index (Phi) is 9.56. The predicted molar refractivity (Wildman–Crippen MR) is 163 cm³/mol. The summed E-state index contributed by atoms with van der Waals surface area (Å²) in [6.07, 6.45) is 3.11. The van der Waals surface area contributed by atoms with Crippen molar-refractivity contribution in [3.05, 3.63) is 64.7 Å². The third-order valence-electron chi connectivity index (χ3n) is 7.83. The zero-order valence-electron chi connectivity index (χ0n) is 24.4. The van der Waals surface area contributed by atoms with Gasteiger partial charge in [0.1, 0.15) is 11.1 Å². The lowest BCUT2D eigenvalue weighted by molar-refractivity contribution is -0.157.